The molecule has 2 atom stereocenters. The third-order valence-electron chi connectivity index (χ3n) is 4.37. The molecule has 8 nitrogen and oxygen atoms in total. The van der Waals surface area contributed by atoms with Crippen LogP contribution >= 0.6 is 11.8 Å². The van der Waals surface area contributed by atoms with Gasteiger partial charge in [-0.25, -0.2) is 4.79 Å². The van der Waals surface area contributed by atoms with Gasteiger partial charge in [-0.15, -0.1) is 11.8 Å². The van der Waals surface area contributed by atoms with Crippen molar-refractivity contribution >= 4 is 29.6 Å². The number of unbranched alkanes of at least 4 members (excludes halogenated alkanes) is 2. The number of carboxylic acid groups (broad SMARTS) is 1. The molecule has 25 heavy (non-hydrogen) atoms. The summed E-state index contributed by atoms with van der Waals surface area (Å²) in [4.78, 5) is 36.5. The van der Waals surface area contributed by atoms with Crippen LogP contribution in [0.1, 0.15) is 33.1 Å². The van der Waals surface area contributed by atoms with Gasteiger partial charge in [-0.2, -0.15) is 0 Å². The third kappa shape index (κ3) is 3.68. The van der Waals surface area contributed by atoms with E-state index in [0.717, 1.165) is 19.3 Å². The molecule has 0 unspecified atom stereocenters. The number of aliphatic hydroxyl groups is 1. The van der Waals surface area contributed by atoms with Gasteiger partial charge in [0, 0.05) is 18.2 Å². The van der Waals surface area contributed by atoms with Crippen LogP contribution in [0.5, 0.6) is 0 Å². The molecule has 1 fully saturated rings. The van der Waals surface area contributed by atoms with E-state index in [1.807, 2.05) is 0 Å². The molecule has 0 aromatic heterocycles. The maximum absolute atomic E-state index is 12.7. The number of thioether (sulfide) groups is 1. The zero-order valence-electron chi connectivity index (χ0n) is 14.4. The van der Waals surface area contributed by atoms with Crippen LogP contribution in [0.2, 0.25) is 0 Å². The van der Waals surface area contributed by atoms with Gasteiger partial charge in [-0.05, 0) is 13.0 Å². The van der Waals surface area contributed by atoms with Crippen molar-refractivity contribution in [2.24, 2.45) is 0 Å². The van der Waals surface area contributed by atoms with Gasteiger partial charge in [0.1, 0.15) is 17.7 Å². The summed E-state index contributed by atoms with van der Waals surface area (Å²) in [6, 6.07) is 0. The van der Waals surface area contributed by atoms with E-state index >= 15 is 0 Å². The largest absolute Gasteiger partial charge is 0.477 e. The average Bonchev–Trinajstić information content (AvgIpc) is 2.58. The number of carbonyl (C=O) groups excluding carboxylic acids is 2. The first-order valence-corrected chi connectivity index (χ1v) is 9.33. The number of esters is 1. The van der Waals surface area contributed by atoms with Gasteiger partial charge in [0.25, 0.3) is 5.91 Å². The second kappa shape index (κ2) is 8.20. The fourth-order valence-corrected chi connectivity index (χ4v) is 4.51. The van der Waals surface area contributed by atoms with Gasteiger partial charge in [-0.1, -0.05) is 19.8 Å². The smallest absolute Gasteiger partial charge is 0.352 e. The van der Waals surface area contributed by atoms with Crippen LogP contribution < -0.4 is 5.32 Å². The van der Waals surface area contributed by atoms with Crippen molar-refractivity contribution < 1.29 is 29.3 Å². The number of aliphatic hydroxyl groups excluding tert-OH is 1. The zero-order valence-corrected chi connectivity index (χ0v) is 15.2. The molecule has 140 valence electrons. The molecule has 0 aliphatic carbocycles. The Morgan fingerprint density at radius 2 is 2.16 bits per heavy atom. The molecule has 0 bridgehead atoms. The summed E-state index contributed by atoms with van der Waals surface area (Å²) in [7, 11) is 0. The minimum atomic E-state index is -1.24. The highest BCUT2D eigenvalue weighted by molar-refractivity contribution is 8.00. The van der Waals surface area contributed by atoms with Crippen molar-refractivity contribution in [3.8, 4) is 0 Å². The summed E-state index contributed by atoms with van der Waals surface area (Å²) in [6.07, 6.45) is 2.93. The highest BCUT2D eigenvalue weighted by atomic mass is 32.2. The van der Waals surface area contributed by atoms with E-state index in [4.69, 9.17) is 4.74 Å². The number of hydrogen-bond donors (Lipinski definition) is 3. The Balaban J connectivity index is 2.19. The summed E-state index contributed by atoms with van der Waals surface area (Å²) < 4.78 is 4.90. The van der Waals surface area contributed by atoms with Crippen LogP contribution in [-0.2, 0) is 19.1 Å². The van der Waals surface area contributed by atoms with E-state index in [-0.39, 0.29) is 12.3 Å². The number of ether oxygens (including phenoxy) is 1. The second-order valence-electron chi connectivity index (χ2n) is 6.14. The highest BCUT2D eigenvalue weighted by Crippen LogP contribution is 2.46. The van der Waals surface area contributed by atoms with Gasteiger partial charge < -0.3 is 14.9 Å². The minimum absolute atomic E-state index is 0.144. The minimum Gasteiger partial charge on any atom is -0.477 e. The molecule has 9 heteroatoms. The molecular weight excluding hydrogens is 348 g/mol. The fourth-order valence-electron chi connectivity index (χ4n) is 3.04. The summed E-state index contributed by atoms with van der Waals surface area (Å²) >= 11 is 1.36. The zero-order chi connectivity index (χ0) is 18.6. The predicted octanol–water partition coefficient (Wildman–Crippen LogP) is 0.314. The Morgan fingerprint density at radius 3 is 2.72 bits per heavy atom. The van der Waals surface area contributed by atoms with Crippen LogP contribution in [0.3, 0.4) is 0 Å². The third-order valence-corrected chi connectivity index (χ3v) is 5.81. The van der Waals surface area contributed by atoms with Crippen molar-refractivity contribution in [1.29, 1.82) is 0 Å². The molecule has 2 rings (SSSR count). The van der Waals surface area contributed by atoms with Gasteiger partial charge in [0.2, 0.25) is 0 Å². The molecule has 0 radical (unpaired) electrons. The normalized spacial score (nSPS) is 25.5. The van der Waals surface area contributed by atoms with Crippen LogP contribution in [0.15, 0.2) is 11.3 Å². The van der Waals surface area contributed by atoms with E-state index in [1.165, 1.54) is 23.6 Å². The Bertz CT molecular complexity index is 593. The average molecular weight is 372 g/mol. The number of rotatable bonds is 9. The molecule has 2 aliphatic rings. The van der Waals surface area contributed by atoms with Gasteiger partial charge in [0.05, 0.1) is 6.61 Å². The lowest BCUT2D eigenvalue weighted by molar-refractivity contribution is -0.160. The number of carbonyl (C=O) groups is 3. The van der Waals surface area contributed by atoms with E-state index in [1.54, 1.807) is 0 Å². The SMILES string of the molecule is CCCCCN[C@]1(CO)C(=O)N2C(C(=O)O)=C(COC(C)=O)CS[C@@H]21. The van der Waals surface area contributed by atoms with E-state index in [9.17, 15) is 24.6 Å². The Morgan fingerprint density at radius 1 is 1.44 bits per heavy atom. The first kappa shape index (κ1) is 19.7. The summed E-state index contributed by atoms with van der Waals surface area (Å²) in [6.45, 7) is 3.35. The first-order chi connectivity index (χ1) is 11.9. The predicted molar refractivity (Wildman–Crippen MR) is 91.7 cm³/mol. The van der Waals surface area contributed by atoms with Crippen LogP contribution in [0.4, 0.5) is 0 Å². The lowest BCUT2D eigenvalue weighted by Gasteiger charge is -2.56. The number of nitrogens with zero attached hydrogens (tertiary/aromatic N) is 1. The number of β-lactam (4-membered cyclic amide) rings is 1. The van der Waals surface area contributed by atoms with Crippen molar-refractivity contribution in [2.45, 2.75) is 44.0 Å². The molecule has 2 aliphatic heterocycles. The number of carboxylic acids is 1. The Kier molecular flexibility index (Phi) is 6.47. The van der Waals surface area contributed by atoms with E-state index < -0.39 is 35.4 Å². The number of hydrogen-bond acceptors (Lipinski definition) is 7. The highest BCUT2D eigenvalue weighted by Gasteiger charge is 2.64. The van der Waals surface area contributed by atoms with E-state index in [2.05, 4.69) is 12.2 Å². The van der Waals surface area contributed by atoms with Gasteiger partial charge in [0.15, 0.2) is 5.54 Å². The lowest BCUT2D eigenvalue weighted by Crippen LogP contribution is -2.80. The van der Waals surface area contributed by atoms with Gasteiger partial charge >= 0.3 is 11.9 Å². The Hall–Kier alpha value is -1.58. The molecule has 3 N–H and O–H groups in total. The van der Waals surface area contributed by atoms with Crippen LogP contribution in [0, 0.1) is 0 Å². The summed E-state index contributed by atoms with van der Waals surface area (Å²) in [5, 5.41) is 22.0. The van der Waals surface area contributed by atoms with Crippen LogP contribution in [-0.4, -0.2) is 69.4 Å². The molecule has 0 spiro atoms. The monoisotopic (exact) mass is 372 g/mol. The Labute approximate surface area is 150 Å². The molecule has 0 aromatic rings. The maximum Gasteiger partial charge on any atom is 0.352 e. The maximum atomic E-state index is 12.7. The number of amides is 1. The second-order valence-corrected chi connectivity index (χ2v) is 7.21. The topological polar surface area (TPSA) is 116 Å². The first-order valence-electron chi connectivity index (χ1n) is 8.28. The fraction of sp³-hybridized carbons (Fsp3) is 0.688. The van der Waals surface area contributed by atoms with Crippen molar-refractivity contribution in [3.63, 3.8) is 0 Å². The molecule has 2 heterocycles. The molecule has 0 saturated carbocycles. The number of fused-ring (bicyclic) bond motifs is 1. The van der Waals surface area contributed by atoms with Crippen molar-refractivity contribution in [3.05, 3.63) is 11.3 Å². The standard InChI is InChI=1S/C16H24N2O6S/c1-3-4-5-6-17-16(9-19)14(23)18-12(13(21)22)11(7-24-10(2)20)8-25-15(16)18/h15,17,19H,3-9H2,1-2H3,(H,21,22)/t15-,16-/m1/s1. The van der Waals surface area contributed by atoms with Crippen molar-refractivity contribution in [2.75, 3.05) is 25.5 Å². The van der Waals surface area contributed by atoms with E-state index in [0.29, 0.717) is 17.9 Å². The molecule has 1 amide bonds. The molecule has 1 saturated heterocycles. The number of nitrogens with one attached hydrogen (secondary N) is 1. The van der Waals surface area contributed by atoms with Gasteiger partial charge in [-0.3, -0.25) is 19.8 Å². The van der Waals surface area contributed by atoms with Crippen LogP contribution in [0.25, 0.3) is 0 Å². The lowest BCUT2D eigenvalue weighted by atomic mass is 9.86. The molecular formula is C16H24N2O6S. The molecule has 0 aromatic carbocycles. The van der Waals surface area contributed by atoms with Crippen molar-refractivity contribution in [1.82, 2.24) is 10.2 Å². The summed E-state index contributed by atoms with van der Waals surface area (Å²) in [5.41, 5.74) is -0.907. The quantitative estimate of drug-likeness (QED) is 0.301. The number of aliphatic carboxylic acids is 1. The summed E-state index contributed by atoms with van der Waals surface area (Å²) in [5.74, 6) is -1.89.